The van der Waals surface area contributed by atoms with Crippen molar-refractivity contribution in [3.63, 3.8) is 0 Å². The van der Waals surface area contributed by atoms with E-state index in [4.69, 9.17) is 0 Å². The predicted molar refractivity (Wildman–Crippen MR) is 68.1 cm³/mol. The van der Waals surface area contributed by atoms with E-state index < -0.39 is 0 Å². The van der Waals surface area contributed by atoms with Gasteiger partial charge in [0, 0.05) is 12.6 Å². The highest BCUT2D eigenvalue weighted by Gasteiger charge is 2.07. The summed E-state index contributed by atoms with van der Waals surface area (Å²) in [5.74, 6) is 0.109. The van der Waals surface area contributed by atoms with Gasteiger partial charge in [-0.3, -0.25) is 9.78 Å². The number of hydrogen-bond donors (Lipinski definition) is 0. The molecule has 1 heterocycles. The van der Waals surface area contributed by atoms with E-state index in [0.717, 1.165) is 12.0 Å². The third-order valence-electron chi connectivity index (χ3n) is 2.68. The van der Waals surface area contributed by atoms with Gasteiger partial charge in [0.05, 0.1) is 0 Å². The van der Waals surface area contributed by atoms with E-state index in [9.17, 15) is 4.79 Å². The number of carbonyl (C=O) groups excluding carboxylic acids is 1. The Bertz CT molecular complexity index is 505. The monoisotopic (exact) mass is 225 g/mol. The van der Waals surface area contributed by atoms with Crippen LogP contribution in [-0.4, -0.2) is 10.8 Å². The fourth-order valence-corrected chi connectivity index (χ4v) is 1.72. The summed E-state index contributed by atoms with van der Waals surface area (Å²) in [5.41, 5.74) is 2.83. The summed E-state index contributed by atoms with van der Waals surface area (Å²) in [7, 11) is 0. The minimum Gasteiger partial charge on any atom is -0.292 e. The quantitative estimate of drug-likeness (QED) is 0.748. The SMILES string of the molecule is Cc1ccnc(C(=O)CCc2ccccc2)c1. The highest BCUT2D eigenvalue weighted by atomic mass is 16.1. The van der Waals surface area contributed by atoms with Crippen LogP contribution in [0.15, 0.2) is 48.7 Å². The third kappa shape index (κ3) is 3.25. The molecule has 0 bridgehead atoms. The van der Waals surface area contributed by atoms with E-state index in [1.54, 1.807) is 6.20 Å². The molecule has 2 rings (SSSR count). The van der Waals surface area contributed by atoms with Gasteiger partial charge in [-0.2, -0.15) is 0 Å². The average Bonchev–Trinajstić information content (AvgIpc) is 2.37. The molecule has 0 spiro atoms. The number of ketones is 1. The van der Waals surface area contributed by atoms with Crippen molar-refractivity contribution in [2.45, 2.75) is 19.8 Å². The van der Waals surface area contributed by atoms with Crippen LogP contribution in [0.4, 0.5) is 0 Å². The van der Waals surface area contributed by atoms with Crippen molar-refractivity contribution in [3.05, 3.63) is 65.5 Å². The molecule has 0 amide bonds. The number of hydrogen-bond acceptors (Lipinski definition) is 2. The predicted octanol–water partition coefficient (Wildman–Crippen LogP) is 3.21. The van der Waals surface area contributed by atoms with Gasteiger partial charge in [-0.1, -0.05) is 30.3 Å². The van der Waals surface area contributed by atoms with E-state index in [1.807, 2.05) is 49.4 Å². The molecule has 86 valence electrons. The summed E-state index contributed by atoms with van der Waals surface area (Å²) in [6.45, 7) is 1.97. The van der Waals surface area contributed by atoms with Crippen LogP contribution < -0.4 is 0 Å². The van der Waals surface area contributed by atoms with Crippen molar-refractivity contribution in [2.75, 3.05) is 0 Å². The molecule has 0 aliphatic heterocycles. The second-order valence-corrected chi connectivity index (χ2v) is 4.13. The molecule has 2 heteroatoms. The first kappa shape index (κ1) is 11.5. The molecule has 0 fully saturated rings. The number of nitrogens with zero attached hydrogens (tertiary/aromatic N) is 1. The van der Waals surface area contributed by atoms with Gasteiger partial charge >= 0.3 is 0 Å². The lowest BCUT2D eigenvalue weighted by Crippen LogP contribution is -2.03. The van der Waals surface area contributed by atoms with Crippen molar-refractivity contribution in [1.82, 2.24) is 4.98 Å². The molecular weight excluding hydrogens is 210 g/mol. The fourth-order valence-electron chi connectivity index (χ4n) is 1.72. The maximum absolute atomic E-state index is 11.9. The number of carbonyl (C=O) groups is 1. The minimum absolute atomic E-state index is 0.109. The first-order valence-electron chi connectivity index (χ1n) is 5.75. The van der Waals surface area contributed by atoms with Crippen molar-refractivity contribution < 1.29 is 4.79 Å². The van der Waals surface area contributed by atoms with Crippen LogP contribution in [0.25, 0.3) is 0 Å². The average molecular weight is 225 g/mol. The maximum Gasteiger partial charge on any atom is 0.181 e. The highest BCUT2D eigenvalue weighted by Crippen LogP contribution is 2.08. The molecule has 2 nitrogen and oxygen atoms in total. The molecule has 0 unspecified atom stereocenters. The van der Waals surface area contributed by atoms with Crippen LogP contribution in [0, 0.1) is 6.92 Å². The molecule has 0 saturated carbocycles. The van der Waals surface area contributed by atoms with Crippen molar-refractivity contribution in [2.24, 2.45) is 0 Å². The third-order valence-corrected chi connectivity index (χ3v) is 2.68. The molecule has 0 aliphatic rings. The minimum atomic E-state index is 0.109. The molecule has 1 aromatic heterocycles. The van der Waals surface area contributed by atoms with Gasteiger partial charge in [0.1, 0.15) is 5.69 Å². The Balaban J connectivity index is 1.98. The van der Waals surface area contributed by atoms with Crippen LogP contribution in [0.3, 0.4) is 0 Å². The van der Waals surface area contributed by atoms with E-state index in [1.165, 1.54) is 5.56 Å². The number of benzene rings is 1. The first-order chi connectivity index (χ1) is 8.25. The summed E-state index contributed by atoms with van der Waals surface area (Å²) < 4.78 is 0. The maximum atomic E-state index is 11.9. The van der Waals surface area contributed by atoms with E-state index in [-0.39, 0.29) is 5.78 Å². The van der Waals surface area contributed by atoms with Gasteiger partial charge in [0.25, 0.3) is 0 Å². The van der Waals surface area contributed by atoms with Crippen LogP contribution in [0.5, 0.6) is 0 Å². The normalized spacial score (nSPS) is 10.2. The number of rotatable bonds is 4. The molecule has 0 N–H and O–H groups in total. The Morgan fingerprint density at radius 1 is 1.18 bits per heavy atom. The zero-order chi connectivity index (χ0) is 12.1. The molecule has 17 heavy (non-hydrogen) atoms. The number of pyridine rings is 1. The summed E-state index contributed by atoms with van der Waals surface area (Å²) in [6.07, 6.45) is 2.97. The second-order valence-electron chi connectivity index (χ2n) is 4.13. The lowest BCUT2D eigenvalue weighted by Gasteiger charge is -2.01. The molecule has 0 saturated heterocycles. The summed E-state index contributed by atoms with van der Waals surface area (Å²) >= 11 is 0. The topological polar surface area (TPSA) is 30.0 Å². The molecule has 0 atom stereocenters. The van der Waals surface area contributed by atoms with Crippen LogP contribution >= 0.6 is 0 Å². The Morgan fingerprint density at radius 3 is 2.65 bits per heavy atom. The molecular formula is C15H15NO. The van der Waals surface area contributed by atoms with Crippen LogP contribution in [0.1, 0.15) is 28.0 Å². The van der Waals surface area contributed by atoms with Crippen LogP contribution in [0.2, 0.25) is 0 Å². The largest absolute Gasteiger partial charge is 0.292 e. The van der Waals surface area contributed by atoms with Gasteiger partial charge in [0.15, 0.2) is 5.78 Å². The van der Waals surface area contributed by atoms with Gasteiger partial charge in [-0.05, 0) is 36.6 Å². The lowest BCUT2D eigenvalue weighted by atomic mass is 10.1. The van der Waals surface area contributed by atoms with Crippen molar-refractivity contribution >= 4 is 5.78 Å². The van der Waals surface area contributed by atoms with E-state index >= 15 is 0 Å². The Kier molecular flexibility index (Phi) is 3.66. The van der Waals surface area contributed by atoms with Gasteiger partial charge in [-0.15, -0.1) is 0 Å². The van der Waals surface area contributed by atoms with Crippen LogP contribution in [-0.2, 0) is 6.42 Å². The Labute approximate surface area is 101 Å². The van der Waals surface area contributed by atoms with Crippen molar-refractivity contribution in [3.8, 4) is 0 Å². The second kappa shape index (κ2) is 5.39. The summed E-state index contributed by atoms with van der Waals surface area (Å²) in [4.78, 5) is 16.0. The molecule has 2 aromatic rings. The Morgan fingerprint density at radius 2 is 1.94 bits per heavy atom. The van der Waals surface area contributed by atoms with E-state index in [2.05, 4.69) is 4.98 Å². The van der Waals surface area contributed by atoms with Gasteiger partial charge in [-0.25, -0.2) is 0 Å². The summed E-state index contributed by atoms with van der Waals surface area (Å²) in [6, 6.07) is 13.8. The lowest BCUT2D eigenvalue weighted by molar-refractivity contribution is 0.0978. The number of aromatic nitrogens is 1. The zero-order valence-electron chi connectivity index (χ0n) is 9.89. The number of aryl methyl sites for hydroxylation is 2. The fraction of sp³-hybridized carbons (Fsp3) is 0.200. The number of Topliss-reactive ketones (excluding diaryl/α,β-unsaturated/α-hetero) is 1. The van der Waals surface area contributed by atoms with Crippen molar-refractivity contribution in [1.29, 1.82) is 0 Å². The molecule has 0 radical (unpaired) electrons. The Hall–Kier alpha value is -1.96. The standard InChI is InChI=1S/C15H15NO/c1-12-9-10-16-14(11-12)15(17)8-7-13-5-3-2-4-6-13/h2-6,9-11H,7-8H2,1H3. The molecule has 1 aromatic carbocycles. The highest BCUT2D eigenvalue weighted by molar-refractivity contribution is 5.94. The van der Waals surface area contributed by atoms with E-state index in [0.29, 0.717) is 12.1 Å². The van der Waals surface area contributed by atoms with Gasteiger partial charge in [0.2, 0.25) is 0 Å². The smallest absolute Gasteiger partial charge is 0.181 e. The zero-order valence-corrected chi connectivity index (χ0v) is 9.89. The summed E-state index contributed by atoms with van der Waals surface area (Å²) in [5, 5.41) is 0. The molecule has 0 aliphatic carbocycles. The first-order valence-corrected chi connectivity index (χ1v) is 5.75. The van der Waals surface area contributed by atoms with Gasteiger partial charge < -0.3 is 0 Å².